The van der Waals surface area contributed by atoms with E-state index in [0.717, 1.165) is 30.3 Å². The van der Waals surface area contributed by atoms with Gasteiger partial charge in [0.25, 0.3) is 10.2 Å². The molecule has 0 spiro atoms. The van der Waals surface area contributed by atoms with Crippen LogP contribution in [0.3, 0.4) is 0 Å². The minimum Gasteiger partial charge on any atom is -0.341 e. The Labute approximate surface area is 131 Å². The lowest BCUT2D eigenvalue weighted by molar-refractivity contribution is 0.248. The monoisotopic (exact) mass is 322 g/mol. The van der Waals surface area contributed by atoms with Crippen LogP contribution in [0.4, 0.5) is 0 Å². The van der Waals surface area contributed by atoms with Gasteiger partial charge in [0, 0.05) is 19.6 Å². The number of hydrogen-bond acceptors (Lipinski definition) is 3. The maximum absolute atomic E-state index is 12.7. The Kier molecular flexibility index (Phi) is 4.20. The van der Waals surface area contributed by atoms with E-state index in [9.17, 15) is 8.42 Å². The fourth-order valence-corrected chi connectivity index (χ4v) is 4.53. The molecule has 2 aromatic rings. The third-order valence-electron chi connectivity index (χ3n) is 4.24. The molecule has 1 aromatic carbocycles. The Morgan fingerprint density at radius 1 is 1.36 bits per heavy atom. The van der Waals surface area contributed by atoms with Crippen molar-refractivity contribution in [3.63, 3.8) is 0 Å². The third-order valence-corrected chi connectivity index (χ3v) is 6.30. The summed E-state index contributed by atoms with van der Waals surface area (Å²) >= 11 is 0. The number of imidazole rings is 1. The first kappa shape index (κ1) is 15.5. The lowest BCUT2D eigenvalue weighted by Gasteiger charge is -2.34. The van der Waals surface area contributed by atoms with Crippen LogP contribution in [-0.2, 0) is 16.8 Å². The molecule has 3 rings (SSSR count). The first-order valence-corrected chi connectivity index (χ1v) is 9.05. The lowest BCUT2D eigenvalue weighted by Crippen LogP contribution is -2.48. The van der Waals surface area contributed by atoms with Crippen LogP contribution in [0.1, 0.15) is 32.0 Å². The zero-order valence-corrected chi connectivity index (χ0v) is 13.8. The van der Waals surface area contributed by atoms with Crippen LogP contribution in [0.5, 0.6) is 0 Å². The molecule has 1 unspecified atom stereocenters. The number of fused-ring (bicyclic) bond motifs is 1. The Balaban J connectivity index is 1.79. The highest BCUT2D eigenvalue weighted by Gasteiger charge is 2.33. The van der Waals surface area contributed by atoms with Gasteiger partial charge in [0.2, 0.25) is 0 Å². The summed E-state index contributed by atoms with van der Waals surface area (Å²) in [6.45, 7) is 2.83. The number of nitrogens with one attached hydrogen (secondary N) is 1. The van der Waals surface area contributed by atoms with E-state index in [2.05, 4.69) is 9.97 Å². The molecule has 0 radical (unpaired) electrons. The van der Waals surface area contributed by atoms with Gasteiger partial charge in [-0.1, -0.05) is 18.6 Å². The first-order valence-electron chi connectivity index (χ1n) is 7.65. The molecule has 2 heterocycles. The van der Waals surface area contributed by atoms with Gasteiger partial charge in [-0.2, -0.15) is 17.0 Å². The van der Waals surface area contributed by atoms with E-state index in [1.807, 2.05) is 31.2 Å². The molecule has 7 heteroatoms. The number of rotatable bonds is 4. The molecule has 1 saturated heterocycles. The summed E-state index contributed by atoms with van der Waals surface area (Å²) in [5.41, 5.74) is 1.78. The second kappa shape index (κ2) is 5.98. The number of piperidine rings is 1. The number of H-pyrrole nitrogens is 1. The molecule has 1 atom stereocenters. The normalized spacial score (nSPS) is 20.8. The maximum atomic E-state index is 12.7. The molecule has 1 aromatic heterocycles. The molecular weight excluding hydrogens is 300 g/mol. The quantitative estimate of drug-likeness (QED) is 0.937. The van der Waals surface area contributed by atoms with Crippen LogP contribution in [0.2, 0.25) is 0 Å². The van der Waals surface area contributed by atoms with Crippen LogP contribution < -0.4 is 0 Å². The van der Waals surface area contributed by atoms with Gasteiger partial charge in [-0.3, -0.25) is 0 Å². The molecule has 1 N–H and O–H groups in total. The summed E-state index contributed by atoms with van der Waals surface area (Å²) < 4.78 is 28.4. The van der Waals surface area contributed by atoms with Crippen LogP contribution in [0.15, 0.2) is 24.3 Å². The number of aromatic amines is 1. The summed E-state index contributed by atoms with van der Waals surface area (Å²) in [5.74, 6) is 0.664. The predicted molar refractivity (Wildman–Crippen MR) is 86.5 cm³/mol. The topological polar surface area (TPSA) is 69.3 Å². The van der Waals surface area contributed by atoms with Crippen LogP contribution in [-0.4, -0.2) is 46.6 Å². The van der Waals surface area contributed by atoms with Gasteiger partial charge in [-0.15, -0.1) is 0 Å². The van der Waals surface area contributed by atoms with Crippen molar-refractivity contribution in [2.75, 3.05) is 13.6 Å². The van der Waals surface area contributed by atoms with Crippen molar-refractivity contribution in [1.82, 2.24) is 18.6 Å². The van der Waals surface area contributed by atoms with Gasteiger partial charge in [0.05, 0.1) is 17.6 Å². The first-order chi connectivity index (χ1) is 10.5. The highest BCUT2D eigenvalue weighted by molar-refractivity contribution is 7.86. The predicted octanol–water partition coefficient (Wildman–Crippen LogP) is 2.11. The van der Waals surface area contributed by atoms with Crippen molar-refractivity contribution < 1.29 is 8.42 Å². The van der Waals surface area contributed by atoms with Crippen LogP contribution in [0.25, 0.3) is 11.0 Å². The largest absolute Gasteiger partial charge is 0.341 e. The zero-order valence-electron chi connectivity index (χ0n) is 13.0. The Morgan fingerprint density at radius 2 is 2.14 bits per heavy atom. The number of hydrogen-bond donors (Lipinski definition) is 1. The highest BCUT2D eigenvalue weighted by Crippen LogP contribution is 2.22. The molecule has 120 valence electrons. The van der Waals surface area contributed by atoms with Gasteiger partial charge in [0.15, 0.2) is 0 Å². The van der Waals surface area contributed by atoms with Crippen molar-refractivity contribution in [3.8, 4) is 0 Å². The van der Waals surface area contributed by atoms with Crippen molar-refractivity contribution in [2.45, 2.75) is 38.8 Å². The third kappa shape index (κ3) is 2.88. The number of para-hydroxylation sites is 2. The van der Waals surface area contributed by atoms with E-state index < -0.39 is 10.2 Å². The second-order valence-electron chi connectivity index (χ2n) is 5.92. The fourth-order valence-electron chi connectivity index (χ4n) is 2.97. The maximum Gasteiger partial charge on any atom is 0.282 e. The van der Waals surface area contributed by atoms with Crippen LogP contribution >= 0.6 is 0 Å². The molecule has 22 heavy (non-hydrogen) atoms. The van der Waals surface area contributed by atoms with Gasteiger partial charge in [-0.05, 0) is 31.9 Å². The molecule has 1 aliphatic rings. The van der Waals surface area contributed by atoms with E-state index in [1.165, 1.54) is 4.31 Å². The molecule has 1 fully saturated rings. The summed E-state index contributed by atoms with van der Waals surface area (Å²) in [6.07, 6.45) is 2.96. The van der Waals surface area contributed by atoms with Crippen molar-refractivity contribution in [2.24, 2.45) is 0 Å². The second-order valence-corrected chi connectivity index (χ2v) is 7.91. The molecular formula is C15H22N4O2S. The summed E-state index contributed by atoms with van der Waals surface area (Å²) in [5, 5.41) is 0. The SMILES string of the molecule is CC1CCCCN1S(=O)(=O)N(C)Cc1nc2ccccc2[nH]1. The number of nitrogens with zero attached hydrogens (tertiary/aromatic N) is 3. The molecule has 0 saturated carbocycles. The van der Waals surface area contributed by atoms with E-state index in [4.69, 9.17) is 0 Å². The highest BCUT2D eigenvalue weighted by atomic mass is 32.2. The van der Waals surface area contributed by atoms with Gasteiger partial charge >= 0.3 is 0 Å². The average molecular weight is 322 g/mol. The van der Waals surface area contributed by atoms with E-state index >= 15 is 0 Å². The minimum atomic E-state index is -3.44. The summed E-state index contributed by atoms with van der Waals surface area (Å²) in [6, 6.07) is 7.77. The zero-order chi connectivity index (χ0) is 15.7. The van der Waals surface area contributed by atoms with E-state index in [-0.39, 0.29) is 12.6 Å². The van der Waals surface area contributed by atoms with Gasteiger partial charge in [0.1, 0.15) is 5.82 Å². The molecule has 0 amide bonds. The van der Waals surface area contributed by atoms with Crippen molar-refractivity contribution >= 4 is 21.2 Å². The molecule has 1 aliphatic heterocycles. The Morgan fingerprint density at radius 3 is 2.86 bits per heavy atom. The standard InChI is InChI=1S/C15H22N4O2S/c1-12-7-5-6-10-19(12)22(20,21)18(2)11-15-16-13-8-3-4-9-14(13)17-15/h3-4,8-9,12H,5-7,10-11H2,1-2H3,(H,16,17). The summed E-state index contributed by atoms with van der Waals surface area (Å²) in [4.78, 5) is 7.63. The smallest absolute Gasteiger partial charge is 0.282 e. The lowest BCUT2D eigenvalue weighted by atomic mass is 10.1. The number of benzene rings is 1. The molecule has 0 bridgehead atoms. The molecule has 6 nitrogen and oxygen atoms in total. The Hall–Kier alpha value is -1.44. The molecule has 0 aliphatic carbocycles. The van der Waals surface area contributed by atoms with E-state index in [0.29, 0.717) is 12.4 Å². The summed E-state index contributed by atoms with van der Waals surface area (Å²) in [7, 11) is -1.83. The van der Waals surface area contributed by atoms with E-state index in [1.54, 1.807) is 11.4 Å². The minimum absolute atomic E-state index is 0.0665. The van der Waals surface area contributed by atoms with Crippen molar-refractivity contribution in [1.29, 1.82) is 0 Å². The van der Waals surface area contributed by atoms with Crippen molar-refractivity contribution in [3.05, 3.63) is 30.1 Å². The fraction of sp³-hybridized carbons (Fsp3) is 0.533. The van der Waals surface area contributed by atoms with Crippen LogP contribution in [0, 0.1) is 0 Å². The average Bonchev–Trinajstić information content (AvgIpc) is 2.89. The van der Waals surface area contributed by atoms with Gasteiger partial charge in [-0.25, -0.2) is 4.98 Å². The number of aromatic nitrogens is 2. The Bertz CT molecular complexity index is 723. The van der Waals surface area contributed by atoms with Gasteiger partial charge < -0.3 is 4.98 Å².